The van der Waals surface area contributed by atoms with Gasteiger partial charge in [-0.15, -0.1) is 11.3 Å². The van der Waals surface area contributed by atoms with E-state index in [9.17, 15) is 9.59 Å². The van der Waals surface area contributed by atoms with Gasteiger partial charge in [-0.1, -0.05) is 32.8 Å². The number of amides is 2. The summed E-state index contributed by atoms with van der Waals surface area (Å²) in [6.07, 6.45) is 5.82. The van der Waals surface area contributed by atoms with E-state index >= 15 is 0 Å². The lowest BCUT2D eigenvalue weighted by atomic mass is 9.90. The first-order valence-corrected chi connectivity index (χ1v) is 10.6. The number of piperidine rings is 1. The van der Waals surface area contributed by atoms with Crippen molar-refractivity contribution < 1.29 is 9.59 Å². The Morgan fingerprint density at radius 1 is 1.16 bits per heavy atom. The molecule has 1 saturated carbocycles. The summed E-state index contributed by atoms with van der Waals surface area (Å²) in [5.41, 5.74) is 0. The highest BCUT2D eigenvalue weighted by molar-refractivity contribution is 7.10. The number of carbonyl (C=O) groups excluding carboxylic acids is 2. The summed E-state index contributed by atoms with van der Waals surface area (Å²) in [5.74, 6) is 1.28. The maximum absolute atomic E-state index is 12.9. The SMILES string of the molecule is CCC(CC)C(NC(=O)C1CCN(C(=O)C2CC2)CC1)c1cccs1. The molecule has 138 valence electrons. The van der Waals surface area contributed by atoms with Gasteiger partial charge in [0.1, 0.15) is 0 Å². The second-order valence-corrected chi connectivity index (χ2v) is 8.43. The van der Waals surface area contributed by atoms with Gasteiger partial charge >= 0.3 is 0 Å². The first kappa shape index (κ1) is 18.4. The van der Waals surface area contributed by atoms with Crippen LogP contribution in [0.4, 0.5) is 0 Å². The fourth-order valence-corrected chi connectivity index (χ4v) is 4.74. The Balaban J connectivity index is 1.57. The molecular weight excluding hydrogens is 332 g/mol. The molecule has 4 nitrogen and oxygen atoms in total. The maximum Gasteiger partial charge on any atom is 0.225 e. The van der Waals surface area contributed by atoms with Crippen LogP contribution in [-0.4, -0.2) is 29.8 Å². The highest BCUT2D eigenvalue weighted by Gasteiger charge is 2.36. The number of hydrogen-bond donors (Lipinski definition) is 1. The summed E-state index contributed by atoms with van der Waals surface area (Å²) >= 11 is 1.73. The first-order chi connectivity index (χ1) is 12.1. The van der Waals surface area contributed by atoms with Crippen molar-refractivity contribution >= 4 is 23.2 Å². The largest absolute Gasteiger partial charge is 0.348 e. The molecular formula is C20H30N2O2S. The Labute approximate surface area is 155 Å². The lowest BCUT2D eigenvalue weighted by Crippen LogP contribution is -2.44. The van der Waals surface area contributed by atoms with E-state index < -0.39 is 0 Å². The van der Waals surface area contributed by atoms with Gasteiger partial charge in [-0.25, -0.2) is 0 Å². The van der Waals surface area contributed by atoms with Crippen molar-refractivity contribution in [3.63, 3.8) is 0 Å². The number of hydrogen-bond acceptors (Lipinski definition) is 3. The minimum Gasteiger partial charge on any atom is -0.348 e. The van der Waals surface area contributed by atoms with E-state index in [1.54, 1.807) is 11.3 Å². The molecule has 3 rings (SSSR count). The molecule has 2 amide bonds. The molecule has 5 heteroatoms. The number of carbonyl (C=O) groups is 2. The maximum atomic E-state index is 12.9. The molecule has 0 bridgehead atoms. The van der Waals surface area contributed by atoms with Crippen LogP contribution < -0.4 is 5.32 Å². The standard InChI is InChI=1S/C20H30N2O2S/c1-3-14(4-2)18(17-6-5-13-25-17)21-19(23)15-9-11-22(12-10-15)20(24)16-7-8-16/h5-6,13-16,18H,3-4,7-12H2,1-2H3,(H,21,23). The molecule has 0 aromatic carbocycles. The van der Waals surface area contributed by atoms with Gasteiger partial charge in [0.25, 0.3) is 0 Å². The molecule has 0 spiro atoms. The van der Waals surface area contributed by atoms with Crippen molar-refractivity contribution in [2.75, 3.05) is 13.1 Å². The molecule has 1 aliphatic carbocycles. The van der Waals surface area contributed by atoms with E-state index in [4.69, 9.17) is 0 Å². The average molecular weight is 363 g/mol. The van der Waals surface area contributed by atoms with Crippen molar-refractivity contribution in [1.29, 1.82) is 0 Å². The topological polar surface area (TPSA) is 49.4 Å². The van der Waals surface area contributed by atoms with Crippen molar-refractivity contribution in [3.05, 3.63) is 22.4 Å². The van der Waals surface area contributed by atoms with Gasteiger partial charge in [-0.2, -0.15) is 0 Å². The van der Waals surface area contributed by atoms with E-state index in [0.29, 0.717) is 11.8 Å². The predicted molar refractivity (Wildman–Crippen MR) is 101 cm³/mol. The highest BCUT2D eigenvalue weighted by Crippen LogP contribution is 2.33. The molecule has 2 fully saturated rings. The quantitative estimate of drug-likeness (QED) is 0.797. The number of nitrogens with one attached hydrogen (secondary N) is 1. The van der Waals surface area contributed by atoms with Crippen LogP contribution in [-0.2, 0) is 9.59 Å². The minimum absolute atomic E-state index is 0.0417. The van der Waals surface area contributed by atoms with Gasteiger partial charge in [0.2, 0.25) is 11.8 Å². The predicted octanol–water partition coefficient (Wildman–Crippen LogP) is 3.99. The van der Waals surface area contributed by atoms with E-state index in [0.717, 1.165) is 51.6 Å². The monoisotopic (exact) mass is 362 g/mol. The number of rotatable bonds is 7. The van der Waals surface area contributed by atoms with Crippen molar-refractivity contribution in [3.8, 4) is 0 Å². The molecule has 2 aliphatic rings. The average Bonchev–Trinajstić information content (AvgIpc) is 3.35. The molecule has 1 saturated heterocycles. The van der Waals surface area contributed by atoms with E-state index in [-0.39, 0.29) is 23.8 Å². The van der Waals surface area contributed by atoms with E-state index in [2.05, 4.69) is 36.7 Å². The summed E-state index contributed by atoms with van der Waals surface area (Å²) in [4.78, 5) is 28.2. The Hall–Kier alpha value is -1.36. The Morgan fingerprint density at radius 3 is 2.36 bits per heavy atom. The summed E-state index contributed by atoms with van der Waals surface area (Å²) in [5, 5.41) is 5.42. The second kappa shape index (κ2) is 8.35. The van der Waals surface area contributed by atoms with Crippen LogP contribution in [0.2, 0.25) is 0 Å². The number of thiophene rings is 1. The number of likely N-dealkylation sites (tertiary alicyclic amines) is 1. The van der Waals surface area contributed by atoms with Gasteiger partial charge in [0, 0.05) is 29.8 Å². The Kier molecular flexibility index (Phi) is 6.15. The number of nitrogens with zero attached hydrogens (tertiary/aromatic N) is 1. The van der Waals surface area contributed by atoms with E-state index in [1.165, 1.54) is 4.88 Å². The molecule has 1 unspecified atom stereocenters. The lowest BCUT2D eigenvalue weighted by molar-refractivity contribution is -0.137. The van der Waals surface area contributed by atoms with Crippen LogP contribution in [0.25, 0.3) is 0 Å². The molecule has 1 aliphatic heterocycles. The highest BCUT2D eigenvalue weighted by atomic mass is 32.1. The molecule has 1 aromatic heterocycles. The van der Waals surface area contributed by atoms with Crippen molar-refractivity contribution in [1.82, 2.24) is 10.2 Å². The van der Waals surface area contributed by atoms with Crippen molar-refractivity contribution in [2.45, 2.75) is 58.4 Å². The third-order valence-corrected chi connectivity index (χ3v) is 6.73. The summed E-state index contributed by atoms with van der Waals surface area (Å²) in [7, 11) is 0. The third kappa shape index (κ3) is 4.43. The molecule has 1 aromatic rings. The lowest BCUT2D eigenvalue weighted by Gasteiger charge is -2.33. The molecule has 1 atom stereocenters. The fourth-order valence-electron chi connectivity index (χ4n) is 3.87. The summed E-state index contributed by atoms with van der Waals surface area (Å²) in [6, 6.07) is 4.31. The Bertz CT molecular complexity index is 571. The van der Waals surface area contributed by atoms with Gasteiger partial charge in [-0.3, -0.25) is 9.59 Å². The minimum atomic E-state index is 0.0417. The van der Waals surface area contributed by atoms with Crippen LogP contribution in [0, 0.1) is 17.8 Å². The summed E-state index contributed by atoms with van der Waals surface area (Å²) < 4.78 is 0. The van der Waals surface area contributed by atoms with Crippen molar-refractivity contribution in [2.24, 2.45) is 17.8 Å². The smallest absolute Gasteiger partial charge is 0.225 e. The van der Waals surface area contributed by atoms with Gasteiger partial charge in [0.05, 0.1) is 6.04 Å². The first-order valence-electron chi connectivity index (χ1n) is 9.76. The van der Waals surface area contributed by atoms with Crippen LogP contribution in [0.3, 0.4) is 0 Å². The zero-order valence-electron chi connectivity index (χ0n) is 15.4. The van der Waals surface area contributed by atoms with E-state index in [1.807, 2.05) is 4.90 Å². The van der Waals surface area contributed by atoms with Gasteiger partial charge < -0.3 is 10.2 Å². The summed E-state index contributed by atoms with van der Waals surface area (Å²) in [6.45, 7) is 5.87. The fraction of sp³-hybridized carbons (Fsp3) is 0.700. The van der Waals surface area contributed by atoms with Gasteiger partial charge in [-0.05, 0) is 43.0 Å². The molecule has 2 heterocycles. The third-order valence-electron chi connectivity index (χ3n) is 5.77. The zero-order chi connectivity index (χ0) is 17.8. The Morgan fingerprint density at radius 2 is 1.84 bits per heavy atom. The zero-order valence-corrected chi connectivity index (χ0v) is 16.2. The second-order valence-electron chi connectivity index (χ2n) is 7.45. The van der Waals surface area contributed by atoms with Crippen LogP contribution >= 0.6 is 11.3 Å². The molecule has 1 N–H and O–H groups in total. The van der Waals surface area contributed by atoms with Crippen LogP contribution in [0.1, 0.15) is 63.3 Å². The molecule has 0 radical (unpaired) electrons. The van der Waals surface area contributed by atoms with Gasteiger partial charge in [0.15, 0.2) is 0 Å². The van der Waals surface area contributed by atoms with Crippen LogP contribution in [0.15, 0.2) is 17.5 Å². The van der Waals surface area contributed by atoms with Crippen LogP contribution in [0.5, 0.6) is 0 Å². The molecule has 25 heavy (non-hydrogen) atoms. The normalized spacial score (nSPS) is 19.9.